The summed E-state index contributed by atoms with van der Waals surface area (Å²) in [5.74, 6) is 5.49. The van der Waals surface area contributed by atoms with Gasteiger partial charge in [-0.1, -0.05) is 264 Å². The maximum absolute atomic E-state index is 5.42. The number of aryl methyl sites for hydroxylation is 1. The van der Waals surface area contributed by atoms with Crippen LogP contribution in [-0.2, 0) is 85.0 Å². The normalized spacial score (nSPS) is 11.0. The van der Waals surface area contributed by atoms with Crippen molar-refractivity contribution in [3.63, 3.8) is 0 Å². The van der Waals surface area contributed by atoms with Crippen molar-refractivity contribution in [2.45, 2.75) is 0 Å². The molecule has 0 amide bonds. The summed E-state index contributed by atoms with van der Waals surface area (Å²) in [5, 5.41) is 9.57. The fraction of sp³-hybridized carbons (Fsp3) is 0.0116. The zero-order chi connectivity index (χ0) is 66.3. The van der Waals surface area contributed by atoms with E-state index in [4.69, 9.17) is 9.51 Å². The Bertz CT molecular complexity index is 4930. The van der Waals surface area contributed by atoms with Crippen LogP contribution >= 0.6 is 23.3 Å². The van der Waals surface area contributed by atoms with Gasteiger partial charge in [0.15, 0.2) is 5.82 Å². The van der Waals surface area contributed by atoms with Crippen molar-refractivity contribution in [1.29, 1.82) is 0 Å². The number of thioether (sulfide) groups is 1. The van der Waals surface area contributed by atoms with Gasteiger partial charge < -0.3 is 9.42 Å². The van der Waals surface area contributed by atoms with Gasteiger partial charge in [0.1, 0.15) is 22.5 Å². The minimum atomic E-state index is 0. The fourth-order valence-corrected chi connectivity index (χ4v) is 12.5. The topological polar surface area (TPSA) is 98.6 Å². The van der Waals surface area contributed by atoms with Crippen LogP contribution in [0, 0.1) is 33.6 Å². The van der Waals surface area contributed by atoms with E-state index in [2.05, 4.69) is 245 Å². The molecule has 15 aromatic rings. The van der Waals surface area contributed by atoms with Gasteiger partial charge in [-0.2, -0.15) is 89.6 Å². The van der Waals surface area contributed by atoms with Gasteiger partial charge in [0.25, 0.3) is 5.89 Å². The van der Waals surface area contributed by atoms with Crippen molar-refractivity contribution in [2.75, 3.05) is 4.90 Å². The maximum atomic E-state index is 5.42. The van der Waals surface area contributed by atoms with Gasteiger partial charge in [-0.25, -0.2) is 19.6 Å². The smallest absolute Gasteiger partial charge is 0.542 e. The van der Waals surface area contributed by atoms with Gasteiger partial charge in [0.2, 0.25) is 0 Å². The van der Waals surface area contributed by atoms with Crippen LogP contribution in [0.1, 0.15) is 27.8 Å². The zero-order valence-electron chi connectivity index (χ0n) is 54.6. The molecule has 0 bridgehead atoms. The van der Waals surface area contributed by atoms with Gasteiger partial charge in [-0.05, 0) is 84.8 Å². The number of anilines is 1. The van der Waals surface area contributed by atoms with E-state index < -0.39 is 0 Å². The van der Waals surface area contributed by atoms with Crippen molar-refractivity contribution in [1.82, 2.24) is 34.3 Å². The van der Waals surface area contributed by atoms with Gasteiger partial charge in [0, 0.05) is 82.2 Å². The SMILES string of the molecule is [CH2-]c1ccccc1-c1nc(-c2ccc(-c3ccccc3)cc2)n(C)n1.[CH2-]c1ccccc1-c1noc(-c2ccc(-c3ccccc3)cc2)n1.[CH2-]c1ccccc1-c1nsc(-c2ccc(-c3ccccc3)cc2)n1.[CH2-]c1ccccc1N1C=C(c2ccc(-c3ccccc3)cc2)S[CH-]1.[Rh+2].[Rh].[Rh].[Rh]. The molecule has 4 radical (unpaired) electrons. The molecule has 506 valence electrons. The molecule has 101 heavy (non-hydrogen) atoms. The minimum absolute atomic E-state index is 0. The van der Waals surface area contributed by atoms with Crippen LogP contribution in [0.2, 0.25) is 0 Å². The molecule has 0 spiro atoms. The Labute approximate surface area is 651 Å². The molecule has 12 aromatic carbocycles. The minimum Gasteiger partial charge on any atom is -0.542 e. The molecular weight excluding hydrogens is 1640 g/mol. The summed E-state index contributed by atoms with van der Waals surface area (Å²) in [6.45, 7) is 16.2. The number of aromatic nitrogens is 7. The second kappa shape index (κ2) is 36.6. The summed E-state index contributed by atoms with van der Waals surface area (Å²) < 4.78 is 11.7. The zero-order valence-corrected chi connectivity index (χ0v) is 62.8. The summed E-state index contributed by atoms with van der Waals surface area (Å²) >= 11 is 3.16. The number of hydrogen-bond acceptors (Lipinski definition) is 10. The third-order valence-corrected chi connectivity index (χ3v) is 17.9. The van der Waals surface area contributed by atoms with Crippen molar-refractivity contribution < 1.29 is 82.4 Å². The summed E-state index contributed by atoms with van der Waals surface area (Å²) in [6, 6.07) is 107. The first-order valence-electron chi connectivity index (χ1n) is 31.5. The Balaban J connectivity index is 0.000000155. The largest absolute Gasteiger partial charge is 2.00 e. The summed E-state index contributed by atoms with van der Waals surface area (Å²) in [4.78, 5) is 17.3. The predicted octanol–water partition coefficient (Wildman–Crippen LogP) is 22.2. The average Bonchev–Trinajstić information content (AvgIpc) is 1.72. The van der Waals surface area contributed by atoms with E-state index in [9.17, 15) is 0 Å². The van der Waals surface area contributed by atoms with Crippen LogP contribution in [0.15, 0.2) is 326 Å². The second-order valence-electron chi connectivity index (χ2n) is 22.7. The molecule has 0 saturated carbocycles. The summed E-state index contributed by atoms with van der Waals surface area (Å²) in [7, 11) is 1.92. The van der Waals surface area contributed by atoms with Crippen molar-refractivity contribution in [3.05, 3.63) is 383 Å². The molecule has 0 atom stereocenters. The Hall–Kier alpha value is -9.66. The number of rotatable bonds is 12. The van der Waals surface area contributed by atoms with Crippen LogP contribution in [0.5, 0.6) is 0 Å². The third-order valence-electron chi connectivity index (χ3n) is 16.2. The summed E-state index contributed by atoms with van der Waals surface area (Å²) in [6.07, 6.45) is 2.17. The average molecular weight is 1700 g/mol. The van der Waals surface area contributed by atoms with Crippen LogP contribution in [0.3, 0.4) is 0 Å². The molecule has 3 aromatic heterocycles. The van der Waals surface area contributed by atoms with E-state index >= 15 is 0 Å². The molecular formula is C86H65N8ORh4S2-3. The summed E-state index contributed by atoms with van der Waals surface area (Å²) in [5.41, 5.74) is 21.6. The first kappa shape index (κ1) is 75.5. The molecule has 4 heterocycles. The van der Waals surface area contributed by atoms with Crippen molar-refractivity contribution in [3.8, 4) is 112 Å². The molecule has 0 saturated heterocycles. The molecule has 1 aliphatic rings. The van der Waals surface area contributed by atoms with Crippen molar-refractivity contribution >= 4 is 33.9 Å². The molecule has 0 fully saturated rings. The first-order valence-corrected chi connectivity index (χ1v) is 33.2. The quantitative estimate of drug-likeness (QED) is 0.0875. The van der Waals surface area contributed by atoms with Gasteiger partial charge in [-0.3, -0.25) is 11.8 Å². The van der Waals surface area contributed by atoms with Gasteiger partial charge >= 0.3 is 19.5 Å². The molecule has 16 rings (SSSR count). The van der Waals surface area contributed by atoms with Crippen LogP contribution in [-0.4, -0.2) is 34.3 Å². The predicted molar refractivity (Wildman–Crippen MR) is 403 cm³/mol. The monoisotopic (exact) mass is 1700 g/mol. The van der Waals surface area contributed by atoms with Crippen molar-refractivity contribution in [2.24, 2.45) is 7.05 Å². The van der Waals surface area contributed by atoms with Crippen LogP contribution in [0.25, 0.3) is 117 Å². The maximum Gasteiger partial charge on any atom is 2.00 e. The van der Waals surface area contributed by atoms with E-state index in [-0.39, 0.29) is 77.9 Å². The molecule has 0 aliphatic carbocycles. The van der Waals surface area contributed by atoms with Crippen LogP contribution in [0.4, 0.5) is 5.69 Å². The number of para-hydroxylation sites is 1. The number of hydrogen-bond donors (Lipinski definition) is 0. The molecule has 0 unspecified atom stereocenters. The molecule has 1 aliphatic heterocycles. The Morgan fingerprint density at radius 3 is 1.15 bits per heavy atom. The van der Waals surface area contributed by atoms with Gasteiger partial charge in [-0.15, -0.1) is 42.5 Å². The second-order valence-corrected chi connectivity index (χ2v) is 24.4. The molecule has 9 nitrogen and oxygen atoms in total. The third kappa shape index (κ3) is 18.9. The van der Waals surface area contributed by atoms with Crippen LogP contribution < -0.4 is 4.90 Å². The first-order chi connectivity index (χ1) is 47.6. The Morgan fingerprint density at radius 1 is 0.347 bits per heavy atom. The van der Waals surface area contributed by atoms with E-state index in [1.54, 1.807) is 11.8 Å². The molecule has 0 N–H and O–H groups in total. The Morgan fingerprint density at radius 2 is 0.703 bits per heavy atom. The van der Waals surface area contributed by atoms with E-state index in [0.717, 1.165) is 83.5 Å². The number of nitrogens with zero attached hydrogens (tertiary/aromatic N) is 8. The standard InChI is InChI=1S/C22H18N3.C22H17NS.C21H15N2O.C21H15N2S.4Rh/c1-16-8-6-7-11-20(16)21-23-22(25(2)24-21)19-14-12-18(13-15-19)17-9-4-3-5-10-17;1-17-7-5-6-10-21(17)23-15-22(24-16-23)20-13-11-19(12-14-20)18-8-3-2-4-9-18;2*1-15-7-5-6-10-19(15)20-22-21(24-23-20)18-13-11-17(12-14-18)16-8-3-2-4-9-16;;;;/h3-15H,1H2,2H3;2-16H,1H2;2*2-14H,1H2;;;;/q-1;-2;2*-1;;;;+2. The Kier molecular flexibility index (Phi) is 27.4. The van der Waals surface area contributed by atoms with E-state index in [0.29, 0.717) is 17.5 Å². The van der Waals surface area contributed by atoms with E-state index in [1.165, 1.54) is 60.9 Å². The number of benzene rings is 12. The fourth-order valence-electron chi connectivity index (χ4n) is 11.0. The van der Waals surface area contributed by atoms with E-state index in [1.807, 2.05) is 151 Å². The molecule has 15 heteroatoms. The van der Waals surface area contributed by atoms with Gasteiger partial charge in [0.05, 0.1) is 0 Å².